The molecule has 0 saturated heterocycles. The molecule has 1 aromatic rings. The van der Waals surface area contributed by atoms with E-state index in [1.54, 1.807) is 7.05 Å². The third-order valence-electron chi connectivity index (χ3n) is 2.85. The Morgan fingerprint density at radius 3 is 2.89 bits per heavy atom. The fourth-order valence-electron chi connectivity index (χ4n) is 1.83. The van der Waals surface area contributed by atoms with Crippen LogP contribution in [0, 0.1) is 5.82 Å². The Balaban J connectivity index is 2.09. The minimum Gasteiger partial charge on any atom is -0.362 e. The molecule has 1 aliphatic carbocycles. The van der Waals surface area contributed by atoms with E-state index in [1.807, 2.05) is 0 Å². The second-order valence-electron chi connectivity index (χ2n) is 4.49. The number of carbonyl (C=O) groups is 2. The lowest BCUT2D eigenvalue weighted by Crippen LogP contribution is -2.36. The van der Waals surface area contributed by atoms with Crippen molar-refractivity contribution in [2.24, 2.45) is 0 Å². The van der Waals surface area contributed by atoms with Gasteiger partial charge in [0.1, 0.15) is 5.82 Å². The molecular weight excluding hydrogens is 235 g/mol. The highest BCUT2D eigenvalue weighted by Gasteiger charge is 2.24. The number of amides is 1. The van der Waals surface area contributed by atoms with Crippen LogP contribution in [0.5, 0.6) is 0 Å². The van der Waals surface area contributed by atoms with Crippen LogP contribution in [0.15, 0.2) is 18.2 Å². The summed E-state index contributed by atoms with van der Waals surface area (Å²) in [6.45, 7) is 0.0400. The summed E-state index contributed by atoms with van der Waals surface area (Å²) < 4.78 is 13.7. The van der Waals surface area contributed by atoms with Gasteiger partial charge in [0.2, 0.25) is 5.91 Å². The smallest absolute Gasteiger partial charge is 0.239 e. The van der Waals surface area contributed by atoms with Gasteiger partial charge in [-0.3, -0.25) is 9.59 Å². The van der Waals surface area contributed by atoms with E-state index in [2.05, 4.69) is 5.32 Å². The van der Waals surface area contributed by atoms with E-state index in [9.17, 15) is 14.0 Å². The Hall–Kier alpha value is -1.91. The van der Waals surface area contributed by atoms with E-state index in [1.165, 1.54) is 23.1 Å². The average molecular weight is 250 g/mol. The predicted molar refractivity (Wildman–Crippen MR) is 66.2 cm³/mol. The first-order valence-electron chi connectivity index (χ1n) is 5.86. The first-order chi connectivity index (χ1) is 8.61. The van der Waals surface area contributed by atoms with Gasteiger partial charge in [-0.2, -0.15) is 0 Å². The summed E-state index contributed by atoms with van der Waals surface area (Å²) in [6.07, 6.45) is 2.61. The molecule has 1 amide bonds. The Bertz CT molecular complexity index is 472. The van der Waals surface area contributed by atoms with Crippen LogP contribution in [0.3, 0.4) is 0 Å². The summed E-state index contributed by atoms with van der Waals surface area (Å²) in [4.78, 5) is 23.9. The second-order valence-corrected chi connectivity index (χ2v) is 4.49. The Labute approximate surface area is 105 Å². The van der Waals surface area contributed by atoms with Crippen LogP contribution in [-0.2, 0) is 4.79 Å². The monoisotopic (exact) mass is 250 g/mol. The van der Waals surface area contributed by atoms with Crippen molar-refractivity contribution in [3.63, 3.8) is 0 Å². The summed E-state index contributed by atoms with van der Waals surface area (Å²) >= 11 is 0. The highest BCUT2D eigenvalue weighted by atomic mass is 19.1. The Morgan fingerprint density at radius 2 is 2.28 bits per heavy atom. The number of nitrogens with one attached hydrogen (secondary N) is 1. The van der Waals surface area contributed by atoms with E-state index >= 15 is 0 Å². The van der Waals surface area contributed by atoms with Crippen LogP contribution in [0.25, 0.3) is 0 Å². The minimum atomic E-state index is -0.499. The van der Waals surface area contributed by atoms with Gasteiger partial charge < -0.3 is 10.2 Å². The molecule has 0 radical (unpaired) electrons. The summed E-state index contributed by atoms with van der Waals surface area (Å²) in [5.41, 5.74) is 0.412. The van der Waals surface area contributed by atoms with Gasteiger partial charge >= 0.3 is 0 Å². The van der Waals surface area contributed by atoms with E-state index in [-0.39, 0.29) is 29.7 Å². The van der Waals surface area contributed by atoms with Crippen molar-refractivity contribution >= 4 is 17.9 Å². The highest BCUT2D eigenvalue weighted by molar-refractivity contribution is 5.88. The molecule has 1 saturated carbocycles. The number of aldehydes is 1. The minimum absolute atomic E-state index is 0.0400. The van der Waals surface area contributed by atoms with Crippen LogP contribution in [0.4, 0.5) is 10.1 Å². The number of anilines is 1. The summed E-state index contributed by atoms with van der Waals surface area (Å²) in [5.74, 6) is -0.651. The molecule has 4 nitrogen and oxygen atoms in total. The van der Waals surface area contributed by atoms with Gasteiger partial charge in [-0.15, -0.1) is 0 Å². The molecular formula is C13H15FN2O2. The molecule has 1 N–H and O–H groups in total. The number of halogens is 1. The number of carbonyl (C=O) groups excluding carboxylic acids is 2. The topological polar surface area (TPSA) is 49.4 Å². The molecule has 1 fully saturated rings. The van der Waals surface area contributed by atoms with Crippen molar-refractivity contribution in [3.8, 4) is 0 Å². The third kappa shape index (κ3) is 2.85. The molecule has 5 heteroatoms. The largest absolute Gasteiger partial charge is 0.362 e. The number of hydrogen-bond acceptors (Lipinski definition) is 3. The van der Waals surface area contributed by atoms with Crippen molar-refractivity contribution in [1.29, 1.82) is 0 Å². The molecule has 0 heterocycles. The van der Waals surface area contributed by atoms with Crippen LogP contribution < -0.4 is 10.2 Å². The number of nitrogens with zero attached hydrogens (tertiary/aromatic N) is 1. The van der Waals surface area contributed by atoms with Crippen molar-refractivity contribution in [1.82, 2.24) is 5.32 Å². The second kappa shape index (κ2) is 5.16. The number of para-hydroxylation sites is 1. The normalized spacial score (nSPS) is 14.1. The average Bonchev–Trinajstić information content (AvgIpc) is 3.11. The fourth-order valence-corrected chi connectivity index (χ4v) is 1.83. The van der Waals surface area contributed by atoms with E-state index in [0.29, 0.717) is 6.29 Å². The van der Waals surface area contributed by atoms with Crippen LogP contribution in [0.1, 0.15) is 23.2 Å². The van der Waals surface area contributed by atoms with Crippen molar-refractivity contribution in [2.75, 3.05) is 18.5 Å². The molecule has 0 aliphatic heterocycles. The standard InChI is InChI=1S/C13H15FN2O2/c1-16(7-12(18)15-10-5-6-10)13-9(8-17)3-2-4-11(13)14/h2-4,8,10H,5-7H2,1H3,(H,15,18). The van der Waals surface area contributed by atoms with Crippen LogP contribution in [-0.4, -0.2) is 31.8 Å². The van der Waals surface area contributed by atoms with Gasteiger partial charge in [-0.25, -0.2) is 4.39 Å². The molecule has 1 aromatic carbocycles. The molecule has 96 valence electrons. The maximum absolute atomic E-state index is 13.7. The Morgan fingerprint density at radius 1 is 1.56 bits per heavy atom. The maximum atomic E-state index is 13.7. The molecule has 0 atom stereocenters. The highest BCUT2D eigenvalue weighted by Crippen LogP contribution is 2.22. The lowest BCUT2D eigenvalue weighted by atomic mass is 10.1. The molecule has 2 rings (SSSR count). The Kier molecular flexibility index (Phi) is 3.60. The quantitative estimate of drug-likeness (QED) is 0.803. The summed E-state index contributed by atoms with van der Waals surface area (Å²) in [6, 6.07) is 4.55. The van der Waals surface area contributed by atoms with Crippen LogP contribution in [0.2, 0.25) is 0 Å². The number of rotatable bonds is 5. The lowest BCUT2D eigenvalue weighted by molar-refractivity contribution is -0.119. The lowest BCUT2D eigenvalue weighted by Gasteiger charge is -2.20. The molecule has 0 spiro atoms. The molecule has 0 bridgehead atoms. The fraction of sp³-hybridized carbons (Fsp3) is 0.385. The first kappa shape index (κ1) is 12.5. The number of benzene rings is 1. The van der Waals surface area contributed by atoms with E-state index < -0.39 is 5.82 Å². The molecule has 0 unspecified atom stereocenters. The van der Waals surface area contributed by atoms with E-state index in [4.69, 9.17) is 0 Å². The van der Waals surface area contributed by atoms with Crippen molar-refractivity contribution < 1.29 is 14.0 Å². The number of likely N-dealkylation sites (N-methyl/N-ethyl adjacent to an activating group) is 1. The number of hydrogen-bond donors (Lipinski definition) is 1. The zero-order chi connectivity index (χ0) is 13.1. The summed E-state index contributed by atoms with van der Waals surface area (Å²) in [5, 5.41) is 2.82. The molecule has 18 heavy (non-hydrogen) atoms. The van der Waals surface area contributed by atoms with Gasteiger partial charge in [0, 0.05) is 18.7 Å². The summed E-state index contributed by atoms with van der Waals surface area (Å²) in [7, 11) is 1.60. The van der Waals surface area contributed by atoms with Crippen molar-refractivity contribution in [3.05, 3.63) is 29.6 Å². The SMILES string of the molecule is CN(CC(=O)NC1CC1)c1c(F)cccc1C=O. The van der Waals surface area contributed by atoms with Gasteiger partial charge in [0.25, 0.3) is 0 Å². The predicted octanol–water partition coefficient (Wildman–Crippen LogP) is 1.35. The van der Waals surface area contributed by atoms with Gasteiger partial charge in [-0.05, 0) is 25.0 Å². The molecule has 1 aliphatic rings. The van der Waals surface area contributed by atoms with Crippen molar-refractivity contribution in [2.45, 2.75) is 18.9 Å². The van der Waals surface area contributed by atoms with Gasteiger partial charge in [0.15, 0.2) is 6.29 Å². The zero-order valence-electron chi connectivity index (χ0n) is 10.1. The van der Waals surface area contributed by atoms with Gasteiger partial charge in [-0.1, -0.05) is 6.07 Å². The van der Waals surface area contributed by atoms with Crippen LogP contribution >= 0.6 is 0 Å². The zero-order valence-corrected chi connectivity index (χ0v) is 10.1. The first-order valence-corrected chi connectivity index (χ1v) is 5.86. The third-order valence-corrected chi connectivity index (χ3v) is 2.85. The molecule has 0 aromatic heterocycles. The van der Waals surface area contributed by atoms with E-state index in [0.717, 1.165) is 12.8 Å². The maximum Gasteiger partial charge on any atom is 0.239 e. The van der Waals surface area contributed by atoms with Gasteiger partial charge in [0.05, 0.1) is 12.2 Å².